The number of rotatable bonds is 9. The number of ether oxygens (including phenoxy) is 1. The predicted molar refractivity (Wildman–Crippen MR) is 81.9 cm³/mol. The van der Waals surface area contributed by atoms with E-state index in [9.17, 15) is 4.79 Å². The van der Waals surface area contributed by atoms with Crippen LogP contribution in [0, 0.1) is 0 Å². The molecule has 0 aromatic heterocycles. The van der Waals surface area contributed by atoms with E-state index in [0.717, 1.165) is 38.3 Å². The number of likely N-dealkylation sites (N-methyl/N-ethyl adjacent to an activating group) is 1. The molecule has 4 nitrogen and oxygen atoms in total. The fraction of sp³-hybridized carbons (Fsp3) is 0.562. The molecule has 4 heteroatoms. The first-order chi connectivity index (χ1) is 9.71. The average molecular weight is 278 g/mol. The summed E-state index contributed by atoms with van der Waals surface area (Å²) >= 11 is 0. The minimum atomic E-state index is 0.0320. The highest BCUT2D eigenvalue weighted by molar-refractivity contribution is 5.77. The predicted octanol–water partition coefficient (Wildman–Crippen LogP) is 2.43. The van der Waals surface area contributed by atoms with Gasteiger partial charge in [0, 0.05) is 19.6 Å². The quantitative estimate of drug-likeness (QED) is 0.705. The smallest absolute Gasteiger partial charge is 0.260 e. The molecule has 0 saturated carbocycles. The van der Waals surface area contributed by atoms with Crippen molar-refractivity contribution >= 4 is 5.91 Å². The van der Waals surface area contributed by atoms with Crippen LogP contribution in [0.15, 0.2) is 24.3 Å². The number of hydrogen-bond donors (Lipinski definition) is 1. The Morgan fingerprint density at radius 3 is 2.65 bits per heavy atom. The summed E-state index contributed by atoms with van der Waals surface area (Å²) < 4.78 is 5.58. The molecule has 1 N–H and O–H groups in total. The zero-order valence-corrected chi connectivity index (χ0v) is 12.8. The normalized spacial score (nSPS) is 10.3. The third-order valence-corrected chi connectivity index (χ3v) is 3.13. The van der Waals surface area contributed by atoms with Gasteiger partial charge >= 0.3 is 0 Å². The molecule has 0 atom stereocenters. The minimum absolute atomic E-state index is 0.0320. The van der Waals surface area contributed by atoms with Crippen molar-refractivity contribution in [2.45, 2.75) is 33.7 Å². The van der Waals surface area contributed by atoms with Gasteiger partial charge < -0.3 is 15.0 Å². The molecule has 0 fully saturated rings. The first-order valence-electron chi connectivity index (χ1n) is 7.41. The standard InChI is InChI=1S/C16H26N2O2/c1-4-10-17-12-14-8-7-9-15(11-14)20-13-16(19)18(5-2)6-3/h7-9,11,17H,4-6,10,12-13H2,1-3H3. The number of hydrogen-bond acceptors (Lipinski definition) is 3. The van der Waals surface area contributed by atoms with E-state index in [1.54, 1.807) is 4.90 Å². The summed E-state index contributed by atoms with van der Waals surface area (Å²) in [7, 11) is 0. The van der Waals surface area contributed by atoms with Gasteiger partial charge in [-0.25, -0.2) is 0 Å². The van der Waals surface area contributed by atoms with Crippen LogP contribution in [0.2, 0.25) is 0 Å². The largest absolute Gasteiger partial charge is 0.484 e. The second kappa shape index (κ2) is 9.37. The van der Waals surface area contributed by atoms with Crippen molar-refractivity contribution in [1.82, 2.24) is 10.2 Å². The SMILES string of the molecule is CCCNCc1cccc(OCC(=O)N(CC)CC)c1. The highest BCUT2D eigenvalue weighted by Gasteiger charge is 2.10. The summed E-state index contributed by atoms with van der Waals surface area (Å²) in [5.41, 5.74) is 1.17. The van der Waals surface area contributed by atoms with Gasteiger partial charge in [-0.3, -0.25) is 4.79 Å². The molecular weight excluding hydrogens is 252 g/mol. The highest BCUT2D eigenvalue weighted by Crippen LogP contribution is 2.13. The van der Waals surface area contributed by atoms with Gasteiger partial charge in [0.25, 0.3) is 5.91 Å². The van der Waals surface area contributed by atoms with Gasteiger partial charge in [0.05, 0.1) is 0 Å². The van der Waals surface area contributed by atoms with Crippen molar-refractivity contribution in [3.05, 3.63) is 29.8 Å². The van der Waals surface area contributed by atoms with Crippen LogP contribution in [0.25, 0.3) is 0 Å². The van der Waals surface area contributed by atoms with E-state index >= 15 is 0 Å². The third-order valence-electron chi connectivity index (χ3n) is 3.13. The molecule has 0 radical (unpaired) electrons. The summed E-state index contributed by atoms with van der Waals surface area (Å²) in [4.78, 5) is 13.6. The molecular formula is C16H26N2O2. The Hall–Kier alpha value is -1.55. The lowest BCUT2D eigenvalue weighted by atomic mass is 10.2. The van der Waals surface area contributed by atoms with Gasteiger partial charge in [0.1, 0.15) is 5.75 Å². The fourth-order valence-corrected chi connectivity index (χ4v) is 1.97. The third kappa shape index (κ3) is 5.61. The molecule has 0 saturated heterocycles. The Morgan fingerprint density at radius 2 is 2.00 bits per heavy atom. The molecule has 0 aliphatic rings. The highest BCUT2D eigenvalue weighted by atomic mass is 16.5. The second-order valence-electron chi connectivity index (χ2n) is 4.68. The van der Waals surface area contributed by atoms with Gasteiger partial charge in [0.2, 0.25) is 0 Å². The van der Waals surface area contributed by atoms with Crippen molar-refractivity contribution in [2.75, 3.05) is 26.2 Å². The van der Waals surface area contributed by atoms with E-state index in [1.807, 2.05) is 32.0 Å². The van der Waals surface area contributed by atoms with Gasteiger partial charge in [-0.15, -0.1) is 0 Å². The lowest BCUT2D eigenvalue weighted by Gasteiger charge is -2.18. The first kappa shape index (κ1) is 16.5. The van der Waals surface area contributed by atoms with Gasteiger partial charge in [-0.1, -0.05) is 19.1 Å². The average Bonchev–Trinajstić information content (AvgIpc) is 2.47. The molecule has 1 rings (SSSR count). The van der Waals surface area contributed by atoms with E-state index in [0.29, 0.717) is 0 Å². The molecule has 0 unspecified atom stereocenters. The maximum absolute atomic E-state index is 11.9. The molecule has 0 aliphatic carbocycles. The molecule has 1 aromatic rings. The van der Waals surface area contributed by atoms with Crippen LogP contribution in [-0.2, 0) is 11.3 Å². The monoisotopic (exact) mass is 278 g/mol. The molecule has 1 aromatic carbocycles. The van der Waals surface area contributed by atoms with Gasteiger partial charge in [-0.2, -0.15) is 0 Å². The molecule has 112 valence electrons. The van der Waals surface area contributed by atoms with Crippen LogP contribution < -0.4 is 10.1 Å². The Kier molecular flexibility index (Phi) is 7.73. The van der Waals surface area contributed by atoms with Crippen LogP contribution >= 0.6 is 0 Å². The van der Waals surface area contributed by atoms with Gasteiger partial charge in [-0.05, 0) is 44.5 Å². The summed E-state index contributed by atoms with van der Waals surface area (Å²) in [6.45, 7) is 9.47. The van der Waals surface area contributed by atoms with Crippen LogP contribution in [0.3, 0.4) is 0 Å². The Labute approximate surface area is 122 Å². The number of nitrogens with zero attached hydrogens (tertiary/aromatic N) is 1. The zero-order chi connectivity index (χ0) is 14.8. The van der Waals surface area contributed by atoms with E-state index in [1.165, 1.54) is 5.56 Å². The van der Waals surface area contributed by atoms with Crippen molar-refractivity contribution < 1.29 is 9.53 Å². The van der Waals surface area contributed by atoms with E-state index in [4.69, 9.17) is 4.74 Å². The topological polar surface area (TPSA) is 41.6 Å². The second-order valence-corrected chi connectivity index (χ2v) is 4.68. The van der Waals surface area contributed by atoms with E-state index in [2.05, 4.69) is 18.3 Å². The zero-order valence-electron chi connectivity index (χ0n) is 12.8. The van der Waals surface area contributed by atoms with Crippen LogP contribution in [-0.4, -0.2) is 37.0 Å². The minimum Gasteiger partial charge on any atom is -0.484 e. The molecule has 0 heterocycles. The summed E-state index contributed by atoms with van der Waals surface area (Å²) in [5, 5.41) is 3.35. The van der Waals surface area contributed by atoms with E-state index in [-0.39, 0.29) is 12.5 Å². The van der Waals surface area contributed by atoms with Gasteiger partial charge in [0.15, 0.2) is 6.61 Å². The molecule has 0 aliphatic heterocycles. The van der Waals surface area contributed by atoms with Crippen LogP contribution in [0.5, 0.6) is 5.75 Å². The first-order valence-corrected chi connectivity index (χ1v) is 7.41. The Balaban J connectivity index is 2.47. The number of benzene rings is 1. The lowest BCUT2D eigenvalue weighted by Crippen LogP contribution is -2.34. The molecule has 0 bridgehead atoms. The molecule has 0 spiro atoms. The van der Waals surface area contributed by atoms with Crippen LogP contribution in [0.1, 0.15) is 32.8 Å². The van der Waals surface area contributed by atoms with Crippen molar-refractivity contribution in [1.29, 1.82) is 0 Å². The number of carbonyl (C=O) groups excluding carboxylic acids is 1. The summed E-state index contributed by atoms with van der Waals surface area (Å²) in [6.07, 6.45) is 1.12. The fourth-order valence-electron chi connectivity index (χ4n) is 1.97. The summed E-state index contributed by atoms with van der Waals surface area (Å²) in [5.74, 6) is 0.783. The van der Waals surface area contributed by atoms with Crippen molar-refractivity contribution in [2.24, 2.45) is 0 Å². The maximum atomic E-state index is 11.9. The van der Waals surface area contributed by atoms with E-state index < -0.39 is 0 Å². The Bertz CT molecular complexity index is 403. The van der Waals surface area contributed by atoms with Crippen LogP contribution in [0.4, 0.5) is 0 Å². The maximum Gasteiger partial charge on any atom is 0.260 e. The molecule has 20 heavy (non-hydrogen) atoms. The van der Waals surface area contributed by atoms with Crippen molar-refractivity contribution in [3.8, 4) is 5.75 Å². The molecule has 1 amide bonds. The number of amides is 1. The Morgan fingerprint density at radius 1 is 1.25 bits per heavy atom. The number of carbonyl (C=O) groups is 1. The number of nitrogens with one attached hydrogen (secondary N) is 1. The summed E-state index contributed by atoms with van der Waals surface area (Å²) in [6, 6.07) is 7.89. The van der Waals surface area contributed by atoms with Crippen molar-refractivity contribution in [3.63, 3.8) is 0 Å². The lowest BCUT2D eigenvalue weighted by molar-refractivity contribution is -0.132.